The van der Waals surface area contributed by atoms with E-state index in [2.05, 4.69) is 28.2 Å². The van der Waals surface area contributed by atoms with E-state index in [9.17, 15) is 4.39 Å². The second-order valence-electron chi connectivity index (χ2n) is 4.29. The van der Waals surface area contributed by atoms with E-state index in [0.717, 1.165) is 17.4 Å². The molecule has 1 N–H and O–H groups in total. The number of ether oxygens (including phenoxy) is 1. The zero-order chi connectivity index (χ0) is 13.5. The summed E-state index contributed by atoms with van der Waals surface area (Å²) in [5.41, 5.74) is 0.714. The van der Waals surface area contributed by atoms with Crippen LogP contribution >= 0.6 is 15.9 Å². The summed E-state index contributed by atoms with van der Waals surface area (Å²) in [5.74, 6) is -0.160. The van der Waals surface area contributed by atoms with Crippen LogP contribution in [0.15, 0.2) is 22.7 Å². The lowest BCUT2D eigenvalue weighted by Crippen LogP contribution is -2.42. The summed E-state index contributed by atoms with van der Waals surface area (Å²) in [6.45, 7) is 4.97. The van der Waals surface area contributed by atoms with Crippen LogP contribution in [0.1, 0.15) is 25.8 Å². The van der Waals surface area contributed by atoms with Crippen molar-refractivity contribution < 1.29 is 9.13 Å². The Morgan fingerprint density at radius 2 is 2.11 bits per heavy atom. The summed E-state index contributed by atoms with van der Waals surface area (Å²) in [7, 11) is 1.70. The molecule has 0 saturated carbocycles. The summed E-state index contributed by atoms with van der Waals surface area (Å²) in [6.07, 6.45) is 1.64. The van der Waals surface area contributed by atoms with Crippen LogP contribution in [0.4, 0.5) is 4.39 Å². The molecule has 0 bridgehead atoms. The van der Waals surface area contributed by atoms with Gasteiger partial charge in [-0.1, -0.05) is 29.8 Å². The lowest BCUT2D eigenvalue weighted by molar-refractivity contribution is 0.0656. The van der Waals surface area contributed by atoms with Crippen LogP contribution in [0.5, 0.6) is 0 Å². The average molecular weight is 318 g/mol. The molecule has 0 radical (unpaired) electrons. The standard InChI is InChI=1S/C14H21BrFNO/c1-4-14(18-3)13(17-5-2)9-10-8-11(15)6-7-12(10)16/h6-8,13-14,17H,4-5,9H2,1-3H3. The maximum Gasteiger partial charge on any atom is 0.126 e. The lowest BCUT2D eigenvalue weighted by atomic mass is 9.99. The van der Waals surface area contributed by atoms with Gasteiger partial charge in [-0.3, -0.25) is 0 Å². The van der Waals surface area contributed by atoms with Gasteiger partial charge in [0.15, 0.2) is 0 Å². The van der Waals surface area contributed by atoms with Gasteiger partial charge in [-0.25, -0.2) is 4.39 Å². The van der Waals surface area contributed by atoms with Gasteiger partial charge in [-0.05, 0) is 43.1 Å². The fraction of sp³-hybridized carbons (Fsp3) is 0.571. The topological polar surface area (TPSA) is 21.3 Å². The Bertz CT molecular complexity index is 369. The minimum absolute atomic E-state index is 0.100. The van der Waals surface area contributed by atoms with E-state index in [-0.39, 0.29) is 18.0 Å². The normalized spacial score (nSPS) is 14.5. The minimum Gasteiger partial charge on any atom is -0.380 e. The molecular weight excluding hydrogens is 297 g/mol. The summed E-state index contributed by atoms with van der Waals surface area (Å²) in [4.78, 5) is 0. The molecule has 18 heavy (non-hydrogen) atoms. The summed E-state index contributed by atoms with van der Waals surface area (Å²) in [5, 5.41) is 3.37. The monoisotopic (exact) mass is 317 g/mol. The highest BCUT2D eigenvalue weighted by molar-refractivity contribution is 9.10. The van der Waals surface area contributed by atoms with Gasteiger partial charge in [-0.15, -0.1) is 0 Å². The van der Waals surface area contributed by atoms with Crippen LogP contribution in [0, 0.1) is 5.82 Å². The quantitative estimate of drug-likeness (QED) is 0.830. The molecule has 0 heterocycles. The first-order chi connectivity index (χ1) is 8.62. The average Bonchev–Trinajstić information content (AvgIpc) is 2.35. The highest BCUT2D eigenvalue weighted by Gasteiger charge is 2.20. The van der Waals surface area contributed by atoms with Gasteiger partial charge >= 0.3 is 0 Å². The van der Waals surface area contributed by atoms with Crippen molar-refractivity contribution in [2.24, 2.45) is 0 Å². The van der Waals surface area contributed by atoms with Crippen molar-refractivity contribution in [3.05, 3.63) is 34.1 Å². The van der Waals surface area contributed by atoms with E-state index in [1.807, 2.05) is 13.0 Å². The zero-order valence-corrected chi connectivity index (χ0v) is 12.8. The SMILES string of the molecule is CCNC(Cc1cc(Br)ccc1F)C(CC)OC. The van der Waals surface area contributed by atoms with Gasteiger partial charge in [0.2, 0.25) is 0 Å². The molecule has 1 aromatic rings. The maximum absolute atomic E-state index is 13.8. The number of halogens is 2. The Kier molecular flexibility index (Phi) is 6.82. The number of rotatable bonds is 7. The second kappa shape index (κ2) is 7.87. The van der Waals surface area contributed by atoms with Gasteiger partial charge in [0.05, 0.1) is 6.10 Å². The first-order valence-corrected chi connectivity index (χ1v) is 7.11. The Morgan fingerprint density at radius 3 is 2.67 bits per heavy atom. The molecule has 0 saturated heterocycles. The molecule has 2 atom stereocenters. The van der Waals surface area contributed by atoms with Crippen molar-refractivity contribution in [2.45, 2.75) is 38.8 Å². The smallest absolute Gasteiger partial charge is 0.126 e. The fourth-order valence-electron chi connectivity index (χ4n) is 2.15. The Labute approximate surface area is 117 Å². The van der Waals surface area contributed by atoms with E-state index in [0.29, 0.717) is 12.0 Å². The van der Waals surface area contributed by atoms with Gasteiger partial charge in [0.25, 0.3) is 0 Å². The summed E-state index contributed by atoms with van der Waals surface area (Å²) >= 11 is 3.38. The molecular formula is C14H21BrFNO. The molecule has 1 aromatic carbocycles. The van der Waals surface area contributed by atoms with Crippen LogP contribution in [0.3, 0.4) is 0 Å². The number of nitrogens with one attached hydrogen (secondary N) is 1. The van der Waals surface area contributed by atoms with Crippen LogP contribution in [0.2, 0.25) is 0 Å². The van der Waals surface area contributed by atoms with Crippen molar-refractivity contribution in [1.82, 2.24) is 5.32 Å². The van der Waals surface area contributed by atoms with E-state index in [1.54, 1.807) is 13.2 Å². The number of methoxy groups -OCH3 is 1. The third-order valence-corrected chi connectivity index (χ3v) is 3.56. The number of benzene rings is 1. The molecule has 2 nitrogen and oxygen atoms in total. The summed E-state index contributed by atoms with van der Waals surface area (Å²) < 4.78 is 20.1. The Hall–Kier alpha value is -0.450. The number of hydrogen-bond acceptors (Lipinski definition) is 2. The van der Waals surface area contributed by atoms with Crippen LogP contribution < -0.4 is 5.32 Å². The van der Waals surface area contributed by atoms with Crippen molar-refractivity contribution in [3.8, 4) is 0 Å². The highest BCUT2D eigenvalue weighted by atomic mass is 79.9. The van der Waals surface area contributed by atoms with Crippen molar-refractivity contribution >= 4 is 15.9 Å². The first-order valence-electron chi connectivity index (χ1n) is 6.32. The van der Waals surface area contributed by atoms with Crippen LogP contribution in [-0.4, -0.2) is 25.8 Å². The van der Waals surface area contributed by atoms with Gasteiger partial charge < -0.3 is 10.1 Å². The predicted octanol–water partition coefficient (Wildman–Crippen LogP) is 3.53. The molecule has 0 aliphatic carbocycles. The van der Waals surface area contributed by atoms with Gasteiger partial charge in [0, 0.05) is 17.6 Å². The van der Waals surface area contributed by atoms with Crippen LogP contribution in [-0.2, 0) is 11.2 Å². The zero-order valence-electron chi connectivity index (χ0n) is 11.2. The Balaban J connectivity index is 2.85. The molecule has 0 spiro atoms. The molecule has 0 aliphatic heterocycles. The molecule has 0 aliphatic rings. The van der Waals surface area contributed by atoms with E-state index in [1.165, 1.54) is 6.07 Å². The fourth-order valence-corrected chi connectivity index (χ4v) is 2.56. The molecule has 0 aromatic heterocycles. The van der Waals surface area contributed by atoms with Gasteiger partial charge in [0.1, 0.15) is 5.82 Å². The minimum atomic E-state index is -0.160. The van der Waals surface area contributed by atoms with E-state index >= 15 is 0 Å². The maximum atomic E-state index is 13.8. The predicted molar refractivity (Wildman–Crippen MR) is 76.4 cm³/mol. The highest BCUT2D eigenvalue weighted by Crippen LogP contribution is 2.19. The Morgan fingerprint density at radius 1 is 1.39 bits per heavy atom. The first kappa shape index (κ1) is 15.6. The molecule has 0 amide bonds. The van der Waals surface area contributed by atoms with E-state index in [4.69, 9.17) is 4.74 Å². The largest absolute Gasteiger partial charge is 0.380 e. The van der Waals surface area contributed by atoms with Gasteiger partial charge in [-0.2, -0.15) is 0 Å². The third-order valence-electron chi connectivity index (χ3n) is 3.07. The number of likely N-dealkylation sites (N-methyl/N-ethyl adjacent to an activating group) is 1. The van der Waals surface area contributed by atoms with Crippen molar-refractivity contribution in [2.75, 3.05) is 13.7 Å². The van der Waals surface area contributed by atoms with Crippen molar-refractivity contribution in [3.63, 3.8) is 0 Å². The molecule has 2 unspecified atom stereocenters. The van der Waals surface area contributed by atoms with E-state index < -0.39 is 0 Å². The van der Waals surface area contributed by atoms with Crippen molar-refractivity contribution in [1.29, 1.82) is 0 Å². The molecule has 4 heteroatoms. The number of hydrogen-bond donors (Lipinski definition) is 1. The second-order valence-corrected chi connectivity index (χ2v) is 5.20. The van der Waals surface area contributed by atoms with Crippen LogP contribution in [0.25, 0.3) is 0 Å². The third kappa shape index (κ3) is 4.34. The molecule has 1 rings (SSSR count). The summed E-state index contributed by atoms with van der Waals surface area (Å²) in [6, 6.07) is 5.18. The molecule has 0 fully saturated rings. The lowest BCUT2D eigenvalue weighted by Gasteiger charge is -2.26. The molecule has 102 valence electrons.